The van der Waals surface area contributed by atoms with E-state index in [2.05, 4.69) is 5.32 Å². The first-order chi connectivity index (χ1) is 15.8. The summed E-state index contributed by atoms with van der Waals surface area (Å²) in [5.41, 5.74) is 0.839. The van der Waals surface area contributed by atoms with Crippen molar-refractivity contribution >= 4 is 35.2 Å². The molecular weight excluding hydrogens is 442 g/mol. The van der Waals surface area contributed by atoms with Crippen LogP contribution in [0.3, 0.4) is 0 Å². The lowest BCUT2D eigenvalue weighted by atomic mass is 9.85. The Balaban J connectivity index is 1.68. The smallest absolute Gasteiger partial charge is 0.242 e. The van der Waals surface area contributed by atoms with Gasteiger partial charge in [-0.3, -0.25) is 24.1 Å². The molecule has 1 aliphatic heterocycles. The van der Waals surface area contributed by atoms with Crippen LogP contribution in [0.2, 0.25) is 5.02 Å². The first-order valence-corrected chi connectivity index (χ1v) is 12.0. The van der Waals surface area contributed by atoms with E-state index in [1.165, 1.54) is 9.80 Å². The van der Waals surface area contributed by atoms with Gasteiger partial charge in [0, 0.05) is 31.1 Å². The molecule has 0 saturated carbocycles. The van der Waals surface area contributed by atoms with E-state index in [1.807, 2.05) is 31.2 Å². The van der Waals surface area contributed by atoms with Crippen molar-refractivity contribution in [1.29, 1.82) is 0 Å². The molecule has 3 atom stereocenters. The van der Waals surface area contributed by atoms with Gasteiger partial charge in [-0.15, -0.1) is 0 Å². The first-order valence-electron chi connectivity index (χ1n) is 11.6. The van der Waals surface area contributed by atoms with Gasteiger partial charge in [-0.1, -0.05) is 49.2 Å². The van der Waals surface area contributed by atoms with Crippen LogP contribution in [0, 0.1) is 11.8 Å². The van der Waals surface area contributed by atoms with E-state index in [-0.39, 0.29) is 55.0 Å². The molecule has 7 nitrogen and oxygen atoms in total. The van der Waals surface area contributed by atoms with Gasteiger partial charge in [0.1, 0.15) is 6.04 Å². The van der Waals surface area contributed by atoms with Crippen molar-refractivity contribution in [3.63, 3.8) is 0 Å². The van der Waals surface area contributed by atoms with Crippen molar-refractivity contribution in [2.75, 3.05) is 13.1 Å². The van der Waals surface area contributed by atoms with Gasteiger partial charge < -0.3 is 10.2 Å². The third-order valence-corrected chi connectivity index (χ3v) is 6.66. The number of fused-ring (bicyclic) bond motifs is 1. The molecule has 4 amide bonds. The number of nitrogens with zero attached hydrogens (tertiary/aromatic N) is 2. The third-order valence-electron chi connectivity index (χ3n) is 6.41. The highest BCUT2D eigenvalue weighted by atomic mass is 35.5. The third kappa shape index (κ3) is 6.02. The number of carbonyl (C=O) groups is 4. The average molecular weight is 474 g/mol. The predicted molar refractivity (Wildman–Crippen MR) is 126 cm³/mol. The Labute approximate surface area is 200 Å². The number of benzene rings is 1. The summed E-state index contributed by atoms with van der Waals surface area (Å²) in [6.07, 6.45) is 6.80. The van der Waals surface area contributed by atoms with Crippen molar-refractivity contribution < 1.29 is 19.2 Å². The maximum Gasteiger partial charge on any atom is 0.242 e. The SMILES string of the molecule is CCCCNC(=O)[C@@H](C)N(Cc1ccc(Cl)cc1)C(=O)CCN1C(=O)[C@H]2CC=CC[C@H]2C1=O. The molecule has 1 fully saturated rings. The summed E-state index contributed by atoms with van der Waals surface area (Å²) < 4.78 is 0. The Kier molecular flexibility index (Phi) is 8.67. The van der Waals surface area contributed by atoms with E-state index >= 15 is 0 Å². The Morgan fingerprint density at radius 3 is 2.30 bits per heavy atom. The largest absolute Gasteiger partial charge is 0.354 e. The normalized spacial score (nSPS) is 20.5. The van der Waals surface area contributed by atoms with Crippen molar-refractivity contribution in [1.82, 2.24) is 15.1 Å². The van der Waals surface area contributed by atoms with Crippen molar-refractivity contribution in [2.45, 2.75) is 58.5 Å². The highest BCUT2D eigenvalue weighted by molar-refractivity contribution is 6.30. The van der Waals surface area contributed by atoms with Gasteiger partial charge in [0.25, 0.3) is 0 Å². The summed E-state index contributed by atoms with van der Waals surface area (Å²) in [4.78, 5) is 54.1. The molecule has 3 rings (SSSR count). The minimum absolute atomic E-state index is 0.0233. The number of allylic oxidation sites excluding steroid dienone is 2. The molecular formula is C25H32ClN3O4. The second kappa shape index (κ2) is 11.5. The first kappa shape index (κ1) is 25.0. The van der Waals surface area contributed by atoms with Crippen LogP contribution < -0.4 is 5.32 Å². The van der Waals surface area contributed by atoms with E-state index in [0.29, 0.717) is 24.4 Å². The molecule has 0 aromatic heterocycles. The lowest BCUT2D eigenvalue weighted by molar-refractivity contribution is -0.143. The van der Waals surface area contributed by atoms with E-state index in [1.54, 1.807) is 19.1 Å². The fourth-order valence-electron chi connectivity index (χ4n) is 4.35. The van der Waals surface area contributed by atoms with Crippen LogP contribution in [0.1, 0.15) is 51.5 Å². The number of unbranched alkanes of at least 4 members (excludes halogenated alkanes) is 1. The maximum atomic E-state index is 13.2. The highest BCUT2D eigenvalue weighted by Crippen LogP contribution is 2.35. The van der Waals surface area contributed by atoms with Gasteiger partial charge >= 0.3 is 0 Å². The van der Waals surface area contributed by atoms with E-state index < -0.39 is 6.04 Å². The van der Waals surface area contributed by atoms with Gasteiger partial charge in [-0.05, 0) is 43.9 Å². The molecule has 1 aliphatic carbocycles. The minimum Gasteiger partial charge on any atom is -0.354 e. The molecule has 0 unspecified atom stereocenters. The van der Waals surface area contributed by atoms with E-state index in [0.717, 1.165) is 18.4 Å². The molecule has 1 N–H and O–H groups in total. The zero-order valence-electron chi connectivity index (χ0n) is 19.3. The summed E-state index contributed by atoms with van der Waals surface area (Å²) in [5, 5.41) is 3.47. The van der Waals surface area contributed by atoms with E-state index in [4.69, 9.17) is 11.6 Å². The van der Waals surface area contributed by atoms with E-state index in [9.17, 15) is 19.2 Å². The lowest BCUT2D eigenvalue weighted by Crippen LogP contribution is -2.48. The Morgan fingerprint density at radius 2 is 1.73 bits per heavy atom. The molecule has 1 saturated heterocycles. The topological polar surface area (TPSA) is 86.8 Å². The summed E-state index contributed by atoms with van der Waals surface area (Å²) >= 11 is 5.98. The number of likely N-dealkylation sites (tertiary alicyclic amines) is 1. The number of amides is 4. The van der Waals surface area contributed by atoms with Crippen molar-refractivity contribution in [3.8, 4) is 0 Å². The number of nitrogens with one attached hydrogen (secondary N) is 1. The summed E-state index contributed by atoms with van der Waals surface area (Å²) in [7, 11) is 0. The van der Waals surface area contributed by atoms with Crippen LogP contribution in [-0.2, 0) is 25.7 Å². The Hall–Kier alpha value is -2.67. The molecule has 2 aliphatic rings. The number of imide groups is 1. The van der Waals surface area contributed by atoms with Gasteiger partial charge in [-0.25, -0.2) is 0 Å². The maximum absolute atomic E-state index is 13.2. The number of rotatable bonds is 10. The van der Waals surface area contributed by atoms with Gasteiger partial charge in [0.05, 0.1) is 11.8 Å². The summed E-state index contributed by atoms with van der Waals surface area (Å²) in [6.45, 7) is 4.55. The second-order valence-corrected chi connectivity index (χ2v) is 9.14. The predicted octanol–water partition coefficient (Wildman–Crippen LogP) is 3.31. The fourth-order valence-corrected chi connectivity index (χ4v) is 4.47. The van der Waals surface area contributed by atoms with Crippen LogP contribution in [0.15, 0.2) is 36.4 Å². The van der Waals surface area contributed by atoms with Crippen LogP contribution in [0.25, 0.3) is 0 Å². The molecule has 0 radical (unpaired) electrons. The number of hydrogen-bond acceptors (Lipinski definition) is 4. The van der Waals surface area contributed by atoms with Crippen LogP contribution in [-0.4, -0.2) is 52.6 Å². The number of halogens is 1. The summed E-state index contributed by atoms with van der Waals surface area (Å²) in [6, 6.07) is 6.42. The van der Waals surface area contributed by atoms with Gasteiger partial charge in [0.15, 0.2) is 0 Å². The quantitative estimate of drug-likeness (QED) is 0.321. The van der Waals surface area contributed by atoms with Crippen LogP contribution in [0.4, 0.5) is 0 Å². The Morgan fingerprint density at radius 1 is 1.12 bits per heavy atom. The monoisotopic (exact) mass is 473 g/mol. The Bertz CT molecular complexity index is 889. The minimum atomic E-state index is -0.693. The van der Waals surface area contributed by atoms with Crippen molar-refractivity contribution in [2.24, 2.45) is 11.8 Å². The fraction of sp³-hybridized carbons (Fsp3) is 0.520. The molecule has 1 aromatic rings. The van der Waals surface area contributed by atoms with Crippen LogP contribution in [0.5, 0.6) is 0 Å². The van der Waals surface area contributed by atoms with Crippen LogP contribution >= 0.6 is 11.6 Å². The highest BCUT2D eigenvalue weighted by Gasteiger charge is 2.47. The number of hydrogen-bond donors (Lipinski definition) is 1. The molecule has 33 heavy (non-hydrogen) atoms. The molecule has 0 spiro atoms. The lowest BCUT2D eigenvalue weighted by Gasteiger charge is -2.29. The number of carbonyl (C=O) groups excluding carboxylic acids is 4. The average Bonchev–Trinajstić information content (AvgIpc) is 3.06. The molecule has 8 heteroatoms. The summed E-state index contributed by atoms with van der Waals surface area (Å²) in [5.74, 6) is -1.53. The van der Waals surface area contributed by atoms with Crippen molar-refractivity contribution in [3.05, 3.63) is 47.0 Å². The van der Waals surface area contributed by atoms with Gasteiger partial charge in [0.2, 0.25) is 23.6 Å². The standard InChI is InChI=1S/C25H32ClN3O4/c1-3-4-14-27-23(31)17(2)29(16-18-9-11-19(26)12-10-18)22(30)13-15-28-24(32)20-7-5-6-8-21(20)25(28)33/h5-6,9-12,17,20-21H,3-4,7-8,13-16H2,1-2H3,(H,27,31)/t17-,20-,21+/m1/s1. The second-order valence-electron chi connectivity index (χ2n) is 8.70. The zero-order valence-corrected chi connectivity index (χ0v) is 20.0. The zero-order chi connectivity index (χ0) is 24.0. The molecule has 178 valence electrons. The molecule has 1 aromatic carbocycles. The molecule has 1 heterocycles. The molecule has 0 bridgehead atoms. The van der Waals surface area contributed by atoms with Gasteiger partial charge in [-0.2, -0.15) is 0 Å².